The van der Waals surface area contributed by atoms with Crippen LogP contribution in [0.3, 0.4) is 0 Å². The van der Waals surface area contributed by atoms with E-state index < -0.39 is 0 Å². The van der Waals surface area contributed by atoms with Crippen LogP contribution in [-0.4, -0.2) is 6.29 Å². The summed E-state index contributed by atoms with van der Waals surface area (Å²) in [4.78, 5) is 10.1. The minimum atomic E-state index is 0.213. The molecule has 0 N–H and O–H groups in total. The van der Waals surface area contributed by atoms with Gasteiger partial charge >= 0.3 is 0 Å². The number of rotatable bonds is 1. The summed E-state index contributed by atoms with van der Waals surface area (Å²) in [5.74, 6) is 0.829. The first-order valence-electron chi connectivity index (χ1n) is 2.96. The second-order valence-electron chi connectivity index (χ2n) is 2.40. The molecule has 1 heteroatoms. The maximum atomic E-state index is 10.1. The smallest absolute Gasteiger partial charge is 0.126 e. The first-order valence-corrected chi connectivity index (χ1v) is 2.96. The molecule has 0 aromatic carbocycles. The van der Waals surface area contributed by atoms with Crippen LogP contribution in [0, 0.1) is 11.8 Å². The van der Waals surface area contributed by atoms with E-state index in [0.717, 1.165) is 12.7 Å². The summed E-state index contributed by atoms with van der Waals surface area (Å²) >= 11 is 0. The minimum absolute atomic E-state index is 0.213. The van der Waals surface area contributed by atoms with E-state index in [1.807, 2.05) is 6.08 Å². The second-order valence-corrected chi connectivity index (χ2v) is 2.40. The van der Waals surface area contributed by atoms with E-state index in [0.29, 0.717) is 5.92 Å². The molecule has 0 unspecified atom stereocenters. The Morgan fingerprint density at radius 1 is 1.62 bits per heavy atom. The number of hydrogen-bond acceptors (Lipinski definition) is 1. The van der Waals surface area contributed by atoms with E-state index in [4.69, 9.17) is 0 Å². The summed E-state index contributed by atoms with van der Waals surface area (Å²) in [6.07, 6.45) is 6.11. The molecule has 0 heterocycles. The molecule has 0 fully saturated rings. The molecule has 8 heavy (non-hydrogen) atoms. The van der Waals surface area contributed by atoms with Crippen LogP contribution in [0.15, 0.2) is 12.2 Å². The van der Waals surface area contributed by atoms with Gasteiger partial charge in [0.15, 0.2) is 0 Å². The Kier molecular flexibility index (Phi) is 1.47. The molecule has 0 amide bonds. The Morgan fingerprint density at radius 3 is 2.62 bits per heavy atom. The molecule has 0 bridgehead atoms. The van der Waals surface area contributed by atoms with Crippen molar-refractivity contribution >= 4 is 6.29 Å². The standard InChI is InChI=1S/C7H10O/c1-6-2-3-7(4-6)5-8/h2-3,5-7H,4H2,1H3/t6-,7+/m0/s1. The fourth-order valence-electron chi connectivity index (χ4n) is 1.02. The SMILES string of the molecule is C[C@H]1C=C[C@@H](C=O)C1. The molecular weight excluding hydrogens is 100 g/mol. The molecule has 1 aliphatic rings. The van der Waals surface area contributed by atoms with Crippen LogP contribution in [0.2, 0.25) is 0 Å². The van der Waals surface area contributed by atoms with E-state index in [1.165, 1.54) is 0 Å². The van der Waals surface area contributed by atoms with E-state index in [2.05, 4.69) is 13.0 Å². The molecule has 0 radical (unpaired) electrons. The third kappa shape index (κ3) is 0.971. The highest BCUT2D eigenvalue weighted by atomic mass is 16.1. The van der Waals surface area contributed by atoms with E-state index in [-0.39, 0.29) is 5.92 Å². The van der Waals surface area contributed by atoms with Crippen molar-refractivity contribution in [3.63, 3.8) is 0 Å². The molecule has 2 atom stereocenters. The molecule has 0 aromatic rings. The van der Waals surface area contributed by atoms with Crippen LogP contribution in [-0.2, 0) is 4.79 Å². The third-order valence-corrected chi connectivity index (χ3v) is 1.51. The largest absolute Gasteiger partial charge is 0.303 e. The Bertz CT molecular complexity index is 116. The second kappa shape index (κ2) is 2.12. The van der Waals surface area contributed by atoms with Gasteiger partial charge in [-0.15, -0.1) is 0 Å². The Morgan fingerprint density at radius 2 is 2.38 bits per heavy atom. The van der Waals surface area contributed by atoms with Gasteiger partial charge in [0.25, 0.3) is 0 Å². The normalized spacial score (nSPS) is 35.6. The Hall–Kier alpha value is -0.590. The Labute approximate surface area is 49.4 Å². The van der Waals surface area contributed by atoms with Crippen LogP contribution in [0.5, 0.6) is 0 Å². The van der Waals surface area contributed by atoms with Crippen molar-refractivity contribution in [2.45, 2.75) is 13.3 Å². The zero-order valence-corrected chi connectivity index (χ0v) is 5.00. The van der Waals surface area contributed by atoms with Gasteiger partial charge in [-0.1, -0.05) is 19.1 Å². The van der Waals surface area contributed by atoms with Crippen molar-refractivity contribution in [2.75, 3.05) is 0 Å². The predicted molar refractivity (Wildman–Crippen MR) is 32.5 cm³/mol. The molecule has 0 saturated carbocycles. The van der Waals surface area contributed by atoms with Crippen LogP contribution in [0.1, 0.15) is 13.3 Å². The van der Waals surface area contributed by atoms with Gasteiger partial charge in [-0.2, -0.15) is 0 Å². The van der Waals surface area contributed by atoms with Crippen molar-refractivity contribution < 1.29 is 4.79 Å². The molecule has 0 spiro atoms. The Balaban J connectivity index is 2.45. The van der Waals surface area contributed by atoms with Crippen LogP contribution in [0.4, 0.5) is 0 Å². The van der Waals surface area contributed by atoms with Gasteiger partial charge in [-0.3, -0.25) is 0 Å². The molecule has 1 aliphatic carbocycles. The zero-order valence-electron chi connectivity index (χ0n) is 5.00. The molecule has 0 saturated heterocycles. The molecule has 0 aliphatic heterocycles. The van der Waals surface area contributed by atoms with Gasteiger partial charge in [0.05, 0.1) is 0 Å². The summed E-state index contributed by atoms with van der Waals surface area (Å²) in [5, 5.41) is 0. The lowest BCUT2D eigenvalue weighted by atomic mass is 10.1. The average molecular weight is 110 g/mol. The fourth-order valence-corrected chi connectivity index (χ4v) is 1.02. The summed E-state index contributed by atoms with van der Waals surface area (Å²) in [6, 6.07) is 0. The summed E-state index contributed by atoms with van der Waals surface area (Å²) < 4.78 is 0. The quantitative estimate of drug-likeness (QED) is 0.368. The monoisotopic (exact) mass is 110 g/mol. The highest BCUT2D eigenvalue weighted by Crippen LogP contribution is 2.20. The molecule has 0 aromatic heterocycles. The van der Waals surface area contributed by atoms with E-state index >= 15 is 0 Å². The van der Waals surface area contributed by atoms with Crippen molar-refractivity contribution in [3.05, 3.63) is 12.2 Å². The van der Waals surface area contributed by atoms with Gasteiger partial charge in [0.2, 0.25) is 0 Å². The number of carbonyl (C=O) groups excluding carboxylic acids is 1. The van der Waals surface area contributed by atoms with Gasteiger partial charge < -0.3 is 4.79 Å². The van der Waals surface area contributed by atoms with Crippen molar-refractivity contribution in [3.8, 4) is 0 Å². The van der Waals surface area contributed by atoms with Gasteiger partial charge in [0.1, 0.15) is 6.29 Å². The lowest BCUT2D eigenvalue weighted by Crippen LogP contribution is -1.94. The van der Waals surface area contributed by atoms with Crippen LogP contribution in [0.25, 0.3) is 0 Å². The van der Waals surface area contributed by atoms with E-state index in [9.17, 15) is 4.79 Å². The third-order valence-electron chi connectivity index (χ3n) is 1.51. The topological polar surface area (TPSA) is 17.1 Å². The van der Waals surface area contributed by atoms with Crippen LogP contribution >= 0.6 is 0 Å². The van der Waals surface area contributed by atoms with Gasteiger partial charge in [-0.25, -0.2) is 0 Å². The maximum absolute atomic E-state index is 10.1. The predicted octanol–water partition coefficient (Wildman–Crippen LogP) is 1.40. The average Bonchev–Trinajstić information content (AvgIpc) is 2.14. The number of hydrogen-bond donors (Lipinski definition) is 0. The zero-order chi connectivity index (χ0) is 5.98. The number of carbonyl (C=O) groups is 1. The maximum Gasteiger partial charge on any atom is 0.126 e. The molecule has 1 nitrogen and oxygen atoms in total. The first-order chi connectivity index (χ1) is 3.83. The summed E-state index contributed by atoms with van der Waals surface area (Å²) in [6.45, 7) is 2.12. The van der Waals surface area contributed by atoms with Gasteiger partial charge in [0, 0.05) is 5.92 Å². The molecular formula is C7H10O. The van der Waals surface area contributed by atoms with Crippen molar-refractivity contribution in [2.24, 2.45) is 11.8 Å². The first kappa shape index (κ1) is 5.54. The highest BCUT2D eigenvalue weighted by Gasteiger charge is 2.12. The lowest BCUT2D eigenvalue weighted by molar-refractivity contribution is -0.110. The molecule has 1 rings (SSSR count). The van der Waals surface area contributed by atoms with Crippen molar-refractivity contribution in [1.82, 2.24) is 0 Å². The minimum Gasteiger partial charge on any atom is -0.303 e. The van der Waals surface area contributed by atoms with Crippen LogP contribution < -0.4 is 0 Å². The molecule has 44 valence electrons. The number of aldehydes is 1. The van der Waals surface area contributed by atoms with Gasteiger partial charge in [-0.05, 0) is 12.3 Å². The summed E-state index contributed by atoms with van der Waals surface area (Å²) in [5.41, 5.74) is 0. The van der Waals surface area contributed by atoms with E-state index in [1.54, 1.807) is 0 Å². The fraction of sp³-hybridized carbons (Fsp3) is 0.571. The summed E-state index contributed by atoms with van der Waals surface area (Å²) in [7, 11) is 0. The lowest BCUT2D eigenvalue weighted by Gasteiger charge is -1.96. The highest BCUT2D eigenvalue weighted by molar-refractivity contribution is 5.57. The van der Waals surface area contributed by atoms with Crippen molar-refractivity contribution in [1.29, 1.82) is 0 Å². The number of allylic oxidation sites excluding steroid dienone is 2.